The number of furan rings is 1. The smallest absolute Gasteiger partial charge is 0.125 e. The van der Waals surface area contributed by atoms with E-state index in [2.05, 4.69) is 28.2 Å². The Morgan fingerprint density at radius 1 is 1.33 bits per heavy atom. The Hall–Kier alpha value is -0.770. The molecule has 2 aromatic rings. The van der Waals surface area contributed by atoms with Crippen molar-refractivity contribution in [2.24, 2.45) is 0 Å². The van der Waals surface area contributed by atoms with Crippen LogP contribution in [0.1, 0.15) is 30.0 Å². The summed E-state index contributed by atoms with van der Waals surface area (Å²) in [5.41, 5.74) is 1.02. The highest BCUT2D eigenvalue weighted by Gasteiger charge is 2.20. The monoisotopic (exact) mass is 327 g/mol. The molecule has 2 rings (SSSR count). The van der Waals surface area contributed by atoms with E-state index in [1.165, 1.54) is 0 Å². The molecule has 96 valence electrons. The van der Waals surface area contributed by atoms with Gasteiger partial charge in [-0.25, -0.2) is 0 Å². The molecule has 1 N–H and O–H groups in total. The van der Waals surface area contributed by atoms with Crippen molar-refractivity contribution < 1.29 is 4.42 Å². The van der Waals surface area contributed by atoms with E-state index in [9.17, 15) is 0 Å². The average Bonchev–Trinajstić information content (AvgIpc) is 2.77. The van der Waals surface area contributed by atoms with Gasteiger partial charge < -0.3 is 9.73 Å². The van der Waals surface area contributed by atoms with Gasteiger partial charge in [0.1, 0.15) is 11.5 Å². The third-order valence-corrected chi connectivity index (χ3v) is 4.06. The number of rotatable bonds is 4. The molecule has 4 heteroatoms. The first-order valence-corrected chi connectivity index (χ1v) is 7.04. The molecule has 0 saturated carbocycles. The van der Waals surface area contributed by atoms with Crippen LogP contribution in [0.15, 0.2) is 39.2 Å². The molecule has 1 aromatic heterocycles. The van der Waals surface area contributed by atoms with Gasteiger partial charge in [-0.15, -0.1) is 0 Å². The quantitative estimate of drug-likeness (QED) is 0.880. The number of halogens is 2. The summed E-state index contributed by atoms with van der Waals surface area (Å²) in [6.07, 6.45) is 0. The summed E-state index contributed by atoms with van der Waals surface area (Å²) in [6.45, 7) is 4.84. The maximum absolute atomic E-state index is 6.35. The van der Waals surface area contributed by atoms with E-state index in [4.69, 9.17) is 16.0 Å². The van der Waals surface area contributed by atoms with E-state index in [-0.39, 0.29) is 6.04 Å². The molecule has 0 aliphatic heterocycles. The fourth-order valence-corrected chi connectivity index (χ4v) is 2.54. The zero-order valence-corrected chi connectivity index (χ0v) is 12.7. The maximum atomic E-state index is 6.35. The highest BCUT2D eigenvalue weighted by atomic mass is 79.9. The molecule has 0 amide bonds. The van der Waals surface area contributed by atoms with Gasteiger partial charge in [0.15, 0.2) is 0 Å². The summed E-state index contributed by atoms with van der Waals surface area (Å²) in [6, 6.07) is 9.85. The van der Waals surface area contributed by atoms with Gasteiger partial charge in [0.05, 0.1) is 11.1 Å². The first kappa shape index (κ1) is 13.7. The van der Waals surface area contributed by atoms with Crippen molar-refractivity contribution >= 4 is 27.5 Å². The Balaban J connectivity index is 2.44. The van der Waals surface area contributed by atoms with Gasteiger partial charge in [0, 0.05) is 4.47 Å². The molecular formula is C14H15BrClNO. The van der Waals surface area contributed by atoms with Crippen LogP contribution in [0.3, 0.4) is 0 Å². The van der Waals surface area contributed by atoms with Gasteiger partial charge in [-0.2, -0.15) is 0 Å². The number of hydrogen-bond donors (Lipinski definition) is 1. The van der Waals surface area contributed by atoms with Crippen LogP contribution < -0.4 is 5.32 Å². The fraction of sp³-hybridized carbons (Fsp3) is 0.286. The molecule has 18 heavy (non-hydrogen) atoms. The van der Waals surface area contributed by atoms with Crippen LogP contribution in [0.4, 0.5) is 0 Å². The van der Waals surface area contributed by atoms with E-state index in [0.29, 0.717) is 0 Å². The lowest BCUT2D eigenvalue weighted by Gasteiger charge is -2.18. The lowest BCUT2D eigenvalue weighted by Crippen LogP contribution is -2.21. The van der Waals surface area contributed by atoms with Crippen molar-refractivity contribution in [2.75, 3.05) is 6.54 Å². The molecule has 1 unspecified atom stereocenters. The molecule has 0 saturated heterocycles. The maximum Gasteiger partial charge on any atom is 0.125 e. The van der Waals surface area contributed by atoms with Gasteiger partial charge in [-0.05, 0) is 53.2 Å². The normalized spacial score (nSPS) is 12.7. The van der Waals surface area contributed by atoms with Crippen LogP contribution in [-0.2, 0) is 0 Å². The van der Waals surface area contributed by atoms with E-state index < -0.39 is 0 Å². The average molecular weight is 329 g/mol. The van der Waals surface area contributed by atoms with E-state index in [1.54, 1.807) is 0 Å². The van der Waals surface area contributed by atoms with Crippen molar-refractivity contribution in [3.05, 3.63) is 56.9 Å². The van der Waals surface area contributed by atoms with E-state index >= 15 is 0 Å². The Labute approximate surface area is 120 Å². The Morgan fingerprint density at radius 3 is 2.72 bits per heavy atom. The molecule has 1 heterocycles. The Bertz CT molecular complexity index is 538. The van der Waals surface area contributed by atoms with Crippen molar-refractivity contribution in [3.63, 3.8) is 0 Å². The zero-order chi connectivity index (χ0) is 13.1. The zero-order valence-electron chi connectivity index (χ0n) is 10.3. The van der Waals surface area contributed by atoms with Crippen LogP contribution in [-0.4, -0.2) is 6.54 Å². The van der Waals surface area contributed by atoms with Gasteiger partial charge in [0.2, 0.25) is 0 Å². The minimum atomic E-state index is -0.0197. The molecule has 0 aliphatic rings. The minimum absolute atomic E-state index is 0.0197. The molecule has 0 aliphatic carbocycles. The standard InChI is InChI=1S/C14H15BrClNO/c1-3-17-14(12-8-7-9(2)18-12)10-5-4-6-11(15)13(10)16/h4-8,14,17H,3H2,1-2H3. The van der Waals surface area contributed by atoms with Crippen molar-refractivity contribution in [3.8, 4) is 0 Å². The summed E-state index contributed by atoms with van der Waals surface area (Å²) in [7, 11) is 0. The molecule has 0 bridgehead atoms. The third kappa shape index (κ3) is 2.79. The lowest BCUT2D eigenvalue weighted by molar-refractivity contribution is 0.435. The highest BCUT2D eigenvalue weighted by Crippen LogP contribution is 2.33. The Morgan fingerprint density at radius 2 is 2.11 bits per heavy atom. The summed E-state index contributed by atoms with van der Waals surface area (Å²) in [4.78, 5) is 0. The first-order valence-electron chi connectivity index (χ1n) is 5.87. The van der Waals surface area contributed by atoms with Gasteiger partial charge >= 0.3 is 0 Å². The molecule has 1 aromatic carbocycles. The number of nitrogens with one attached hydrogen (secondary N) is 1. The second-order valence-corrected chi connectivity index (χ2v) is 5.31. The molecule has 1 atom stereocenters. The van der Waals surface area contributed by atoms with Crippen LogP contribution >= 0.6 is 27.5 Å². The second kappa shape index (κ2) is 5.91. The van der Waals surface area contributed by atoms with Crippen molar-refractivity contribution in [1.29, 1.82) is 0 Å². The minimum Gasteiger partial charge on any atom is -0.464 e. The number of hydrogen-bond acceptors (Lipinski definition) is 2. The van der Waals surface area contributed by atoms with E-state index in [0.717, 1.165) is 33.1 Å². The molecule has 0 radical (unpaired) electrons. The van der Waals surface area contributed by atoms with E-state index in [1.807, 2.05) is 37.3 Å². The molecule has 2 nitrogen and oxygen atoms in total. The second-order valence-electron chi connectivity index (χ2n) is 4.08. The predicted molar refractivity (Wildman–Crippen MR) is 78.1 cm³/mol. The van der Waals surface area contributed by atoms with Gasteiger partial charge in [-0.1, -0.05) is 30.7 Å². The largest absolute Gasteiger partial charge is 0.464 e. The predicted octanol–water partition coefficient (Wildman–Crippen LogP) is 4.70. The van der Waals surface area contributed by atoms with Crippen molar-refractivity contribution in [2.45, 2.75) is 19.9 Å². The molecule has 0 spiro atoms. The first-order chi connectivity index (χ1) is 8.63. The summed E-state index contributed by atoms with van der Waals surface area (Å²) < 4.78 is 6.61. The molecule has 0 fully saturated rings. The van der Waals surface area contributed by atoms with Gasteiger partial charge in [0.25, 0.3) is 0 Å². The SMILES string of the molecule is CCNC(c1ccc(C)o1)c1cccc(Br)c1Cl. The van der Waals surface area contributed by atoms with Crippen LogP contribution in [0, 0.1) is 6.92 Å². The van der Waals surface area contributed by atoms with Gasteiger partial charge in [-0.3, -0.25) is 0 Å². The third-order valence-electron chi connectivity index (χ3n) is 2.75. The van der Waals surface area contributed by atoms with Crippen LogP contribution in [0.5, 0.6) is 0 Å². The molecular weight excluding hydrogens is 314 g/mol. The summed E-state index contributed by atoms with van der Waals surface area (Å²) in [5.74, 6) is 1.79. The van der Waals surface area contributed by atoms with Crippen LogP contribution in [0.2, 0.25) is 5.02 Å². The Kier molecular flexibility index (Phi) is 4.49. The summed E-state index contributed by atoms with van der Waals surface area (Å²) >= 11 is 9.80. The summed E-state index contributed by atoms with van der Waals surface area (Å²) in [5, 5.41) is 4.12. The highest BCUT2D eigenvalue weighted by molar-refractivity contribution is 9.10. The van der Waals surface area contributed by atoms with Crippen molar-refractivity contribution in [1.82, 2.24) is 5.32 Å². The lowest BCUT2D eigenvalue weighted by atomic mass is 10.0. The fourth-order valence-electron chi connectivity index (χ4n) is 1.92. The van der Waals surface area contributed by atoms with Crippen LogP contribution in [0.25, 0.3) is 0 Å². The number of benzene rings is 1. The topological polar surface area (TPSA) is 25.2 Å². The number of aryl methyl sites for hydroxylation is 1.